The highest BCUT2D eigenvalue weighted by atomic mass is 35.5. The molecule has 0 atom stereocenters. The summed E-state index contributed by atoms with van der Waals surface area (Å²) in [6.07, 6.45) is 0. The van der Waals surface area contributed by atoms with Crippen molar-refractivity contribution < 1.29 is 14.3 Å². The molecule has 0 aliphatic rings. The summed E-state index contributed by atoms with van der Waals surface area (Å²) in [6.45, 7) is 3.80. The molecule has 2 amide bonds. The summed E-state index contributed by atoms with van der Waals surface area (Å²) >= 11 is 13.2. The van der Waals surface area contributed by atoms with Gasteiger partial charge in [-0.05, 0) is 61.4 Å². The normalized spacial score (nSPS) is 10.7. The third-order valence-electron chi connectivity index (χ3n) is 5.41. The summed E-state index contributed by atoms with van der Waals surface area (Å²) in [7, 11) is 0. The van der Waals surface area contributed by atoms with Crippen LogP contribution in [0.3, 0.4) is 0 Å². The number of hydrogen-bond acceptors (Lipinski definition) is 6. The van der Waals surface area contributed by atoms with Crippen LogP contribution < -0.4 is 15.4 Å². The number of aryl methyl sites for hydroxylation is 2. The van der Waals surface area contributed by atoms with Crippen molar-refractivity contribution in [3.05, 3.63) is 93.7 Å². The molecule has 11 heteroatoms. The maximum Gasteiger partial charge on any atom is 0.258 e. The quantitative estimate of drug-likeness (QED) is 0.241. The van der Waals surface area contributed by atoms with Crippen molar-refractivity contribution >= 4 is 52.5 Å². The number of amides is 2. The maximum absolute atomic E-state index is 12.7. The van der Waals surface area contributed by atoms with Gasteiger partial charge < -0.3 is 15.4 Å². The highest BCUT2D eigenvalue weighted by Crippen LogP contribution is 2.27. The Morgan fingerprint density at radius 1 is 0.974 bits per heavy atom. The van der Waals surface area contributed by atoms with Gasteiger partial charge in [0.2, 0.25) is 5.91 Å². The number of aromatic nitrogens is 3. The number of ether oxygens (including phenoxy) is 1. The van der Waals surface area contributed by atoms with E-state index in [1.807, 2.05) is 66.9 Å². The van der Waals surface area contributed by atoms with Gasteiger partial charge in [-0.3, -0.25) is 14.2 Å². The standard InChI is InChI=1S/C27H25Cl2N5O3S/c1-17-8-9-18(2)22(12-17)31-26(36)16-38-27-33-32-24(34(27)20-6-4-3-5-7-20)14-30-25(35)15-37-23-11-10-19(28)13-21(23)29/h3-13H,14-16H2,1-2H3,(H,30,35)(H,31,36). The van der Waals surface area contributed by atoms with Crippen LogP contribution in [0.4, 0.5) is 5.69 Å². The maximum atomic E-state index is 12.7. The third-order valence-corrected chi connectivity index (χ3v) is 6.87. The number of para-hydroxylation sites is 1. The Kier molecular flexibility index (Phi) is 9.28. The summed E-state index contributed by atoms with van der Waals surface area (Å²) in [5.41, 5.74) is 3.64. The number of carbonyl (C=O) groups excluding carboxylic acids is 2. The van der Waals surface area contributed by atoms with E-state index in [4.69, 9.17) is 27.9 Å². The van der Waals surface area contributed by atoms with Crippen molar-refractivity contribution in [2.24, 2.45) is 0 Å². The monoisotopic (exact) mass is 569 g/mol. The predicted molar refractivity (Wildman–Crippen MR) is 150 cm³/mol. The SMILES string of the molecule is Cc1ccc(C)c(NC(=O)CSc2nnc(CNC(=O)COc3ccc(Cl)cc3Cl)n2-c2ccccc2)c1. The lowest BCUT2D eigenvalue weighted by molar-refractivity contribution is -0.123. The van der Waals surface area contributed by atoms with Gasteiger partial charge >= 0.3 is 0 Å². The second kappa shape index (κ2) is 12.8. The van der Waals surface area contributed by atoms with Crippen molar-refractivity contribution in [2.45, 2.75) is 25.5 Å². The summed E-state index contributed by atoms with van der Waals surface area (Å²) in [4.78, 5) is 25.1. The van der Waals surface area contributed by atoms with Crippen molar-refractivity contribution in [2.75, 3.05) is 17.7 Å². The second-order valence-corrected chi connectivity index (χ2v) is 10.2. The van der Waals surface area contributed by atoms with Crippen molar-refractivity contribution in [1.82, 2.24) is 20.1 Å². The van der Waals surface area contributed by atoms with Gasteiger partial charge in [0, 0.05) is 16.4 Å². The summed E-state index contributed by atoms with van der Waals surface area (Å²) in [5.74, 6) is 0.489. The van der Waals surface area contributed by atoms with E-state index in [2.05, 4.69) is 20.8 Å². The fourth-order valence-corrected chi connectivity index (χ4v) is 4.73. The first-order valence-corrected chi connectivity index (χ1v) is 13.4. The molecule has 0 unspecified atom stereocenters. The first-order chi connectivity index (χ1) is 18.3. The van der Waals surface area contributed by atoms with Gasteiger partial charge in [-0.15, -0.1) is 10.2 Å². The van der Waals surface area contributed by atoms with E-state index in [-0.39, 0.29) is 30.7 Å². The molecule has 1 heterocycles. The molecule has 0 saturated carbocycles. The van der Waals surface area contributed by atoms with Crippen molar-refractivity contribution in [3.63, 3.8) is 0 Å². The second-order valence-electron chi connectivity index (χ2n) is 8.37. The average molecular weight is 571 g/mol. The van der Waals surface area contributed by atoms with Crippen LogP contribution in [0.1, 0.15) is 17.0 Å². The minimum absolute atomic E-state index is 0.105. The van der Waals surface area contributed by atoms with Gasteiger partial charge in [-0.2, -0.15) is 0 Å². The molecule has 0 saturated heterocycles. The first-order valence-electron chi connectivity index (χ1n) is 11.6. The van der Waals surface area contributed by atoms with Gasteiger partial charge in [0.05, 0.1) is 17.3 Å². The molecule has 0 aliphatic heterocycles. The zero-order valence-corrected chi connectivity index (χ0v) is 23.0. The molecule has 2 N–H and O–H groups in total. The Bertz CT molecular complexity index is 1450. The number of halogens is 2. The van der Waals surface area contributed by atoms with Crippen molar-refractivity contribution in [1.29, 1.82) is 0 Å². The molecule has 4 rings (SSSR count). The Morgan fingerprint density at radius 3 is 2.53 bits per heavy atom. The first kappa shape index (κ1) is 27.5. The Balaban J connectivity index is 1.41. The van der Waals surface area contributed by atoms with E-state index in [9.17, 15) is 9.59 Å². The van der Waals surface area contributed by atoms with Crippen molar-refractivity contribution in [3.8, 4) is 11.4 Å². The summed E-state index contributed by atoms with van der Waals surface area (Å²) in [6, 6.07) is 20.2. The van der Waals surface area contributed by atoms with Crippen LogP contribution in [0.15, 0.2) is 71.9 Å². The number of carbonyl (C=O) groups is 2. The predicted octanol–water partition coefficient (Wildman–Crippen LogP) is 5.62. The fourth-order valence-electron chi connectivity index (χ4n) is 3.50. The Labute approximate surface area is 234 Å². The minimum atomic E-state index is -0.360. The smallest absolute Gasteiger partial charge is 0.258 e. The zero-order valence-electron chi connectivity index (χ0n) is 20.7. The number of benzene rings is 3. The van der Waals surface area contributed by atoms with Crippen LogP contribution >= 0.6 is 35.0 Å². The van der Waals surface area contributed by atoms with E-state index >= 15 is 0 Å². The van der Waals surface area contributed by atoms with Gasteiger partial charge in [0.25, 0.3) is 5.91 Å². The van der Waals surface area contributed by atoms with E-state index in [1.165, 1.54) is 11.8 Å². The topological polar surface area (TPSA) is 98.1 Å². The molecule has 0 spiro atoms. The zero-order chi connectivity index (χ0) is 27.1. The largest absolute Gasteiger partial charge is 0.482 e. The van der Waals surface area contributed by atoms with E-state index in [0.717, 1.165) is 22.5 Å². The molecule has 0 aliphatic carbocycles. The van der Waals surface area contributed by atoms with Crippen LogP contribution in [-0.4, -0.2) is 38.9 Å². The molecular formula is C27H25Cl2N5O3S. The molecule has 0 radical (unpaired) electrons. The summed E-state index contributed by atoms with van der Waals surface area (Å²) in [5, 5.41) is 15.6. The number of rotatable bonds is 10. The Hall–Kier alpha value is -3.53. The van der Waals surface area contributed by atoms with Crippen LogP contribution in [0.2, 0.25) is 10.0 Å². The summed E-state index contributed by atoms with van der Waals surface area (Å²) < 4.78 is 7.31. The number of thioether (sulfide) groups is 1. The molecule has 38 heavy (non-hydrogen) atoms. The lowest BCUT2D eigenvalue weighted by Crippen LogP contribution is -2.29. The molecule has 0 bridgehead atoms. The van der Waals surface area contributed by atoms with Crippen LogP contribution in [0.5, 0.6) is 5.75 Å². The highest BCUT2D eigenvalue weighted by molar-refractivity contribution is 7.99. The molecule has 1 aromatic heterocycles. The van der Waals surface area contributed by atoms with Crippen LogP contribution in [0.25, 0.3) is 5.69 Å². The van der Waals surface area contributed by atoms with E-state index in [0.29, 0.717) is 26.8 Å². The molecule has 0 fully saturated rings. The minimum Gasteiger partial charge on any atom is -0.482 e. The van der Waals surface area contributed by atoms with E-state index in [1.54, 1.807) is 18.2 Å². The van der Waals surface area contributed by atoms with E-state index < -0.39 is 0 Å². The Morgan fingerprint density at radius 2 is 1.76 bits per heavy atom. The fraction of sp³-hybridized carbons (Fsp3) is 0.185. The number of hydrogen-bond donors (Lipinski definition) is 2. The number of anilines is 1. The molecule has 3 aromatic carbocycles. The lowest BCUT2D eigenvalue weighted by Gasteiger charge is -2.12. The third kappa shape index (κ3) is 7.28. The molecule has 8 nitrogen and oxygen atoms in total. The average Bonchev–Trinajstić information content (AvgIpc) is 3.31. The highest BCUT2D eigenvalue weighted by Gasteiger charge is 2.17. The van der Waals surface area contributed by atoms with Crippen LogP contribution in [0, 0.1) is 13.8 Å². The molecule has 196 valence electrons. The molecule has 4 aromatic rings. The van der Waals surface area contributed by atoms with Gasteiger partial charge in [0.1, 0.15) is 5.75 Å². The van der Waals surface area contributed by atoms with Gasteiger partial charge in [-0.1, -0.05) is 65.3 Å². The van der Waals surface area contributed by atoms with Gasteiger partial charge in [0.15, 0.2) is 17.6 Å². The molecular weight excluding hydrogens is 545 g/mol. The van der Waals surface area contributed by atoms with Crippen LogP contribution in [-0.2, 0) is 16.1 Å². The number of nitrogens with zero attached hydrogens (tertiary/aromatic N) is 3. The number of nitrogens with one attached hydrogen (secondary N) is 2. The van der Waals surface area contributed by atoms with Gasteiger partial charge in [-0.25, -0.2) is 0 Å². The lowest BCUT2D eigenvalue weighted by atomic mass is 10.1.